The Bertz CT molecular complexity index is 951. The maximum atomic E-state index is 12.8. The van der Waals surface area contributed by atoms with Crippen molar-refractivity contribution in [3.63, 3.8) is 0 Å². The van der Waals surface area contributed by atoms with Crippen LogP contribution in [0.15, 0.2) is 42.5 Å². The number of carbonyl (C=O) groups is 1. The second-order valence-corrected chi connectivity index (χ2v) is 9.81. The second-order valence-electron chi connectivity index (χ2n) is 7.90. The van der Waals surface area contributed by atoms with Crippen LogP contribution in [-0.4, -0.2) is 27.1 Å². The SMILES string of the molecule is CC[C@@H](NC(=O)CN(c1ccc(C(C)C)cc1)S(C)(=O)=O)c1ccc(C)cc1C. The van der Waals surface area contributed by atoms with Gasteiger partial charge in [0.15, 0.2) is 0 Å². The van der Waals surface area contributed by atoms with Gasteiger partial charge in [-0.05, 0) is 55.0 Å². The second kappa shape index (κ2) is 9.44. The van der Waals surface area contributed by atoms with Gasteiger partial charge in [-0.15, -0.1) is 0 Å². The van der Waals surface area contributed by atoms with Crippen molar-refractivity contribution in [2.24, 2.45) is 0 Å². The Hall–Kier alpha value is -2.34. The summed E-state index contributed by atoms with van der Waals surface area (Å²) in [4.78, 5) is 12.8. The molecule has 0 aromatic heterocycles. The van der Waals surface area contributed by atoms with Gasteiger partial charge in [0, 0.05) is 0 Å². The normalized spacial score (nSPS) is 12.7. The standard InChI is InChI=1S/C23H32N2O3S/c1-7-22(21-13-8-17(4)14-18(21)5)24-23(26)15-25(29(6,27)28)20-11-9-19(10-12-20)16(2)3/h8-14,16,22H,7,15H2,1-6H3,(H,24,26)/t22-/m1/s1. The summed E-state index contributed by atoms with van der Waals surface area (Å²) in [6, 6.07) is 13.3. The van der Waals surface area contributed by atoms with E-state index in [1.54, 1.807) is 12.1 Å². The van der Waals surface area contributed by atoms with Crippen LogP contribution in [0.2, 0.25) is 0 Å². The minimum Gasteiger partial charge on any atom is -0.348 e. The summed E-state index contributed by atoms with van der Waals surface area (Å²) < 4.78 is 25.9. The molecule has 0 aliphatic rings. The van der Waals surface area contributed by atoms with Gasteiger partial charge in [0.1, 0.15) is 6.54 Å². The van der Waals surface area contributed by atoms with Gasteiger partial charge in [0.2, 0.25) is 15.9 Å². The van der Waals surface area contributed by atoms with Gasteiger partial charge < -0.3 is 5.32 Å². The number of anilines is 1. The van der Waals surface area contributed by atoms with Crippen LogP contribution in [0.1, 0.15) is 61.4 Å². The molecule has 2 rings (SSSR count). The van der Waals surface area contributed by atoms with Gasteiger partial charge in [-0.2, -0.15) is 0 Å². The van der Waals surface area contributed by atoms with Crippen molar-refractivity contribution in [1.29, 1.82) is 0 Å². The topological polar surface area (TPSA) is 66.5 Å². The predicted molar refractivity (Wildman–Crippen MR) is 120 cm³/mol. The highest BCUT2D eigenvalue weighted by Gasteiger charge is 2.23. The Labute approximate surface area is 175 Å². The Kier molecular flexibility index (Phi) is 7.47. The molecule has 0 spiro atoms. The number of nitrogens with one attached hydrogen (secondary N) is 1. The molecule has 1 N–H and O–H groups in total. The largest absolute Gasteiger partial charge is 0.348 e. The molecule has 2 aromatic rings. The van der Waals surface area contributed by atoms with E-state index < -0.39 is 10.0 Å². The van der Waals surface area contributed by atoms with Crippen LogP contribution < -0.4 is 9.62 Å². The molecule has 0 bridgehead atoms. The van der Waals surface area contributed by atoms with Crippen molar-refractivity contribution in [1.82, 2.24) is 5.32 Å². The molecule has 2 aromatic carbocycles. The number of aryl methyl sites for hydroxylation is 2. The van der Waals surface area contributed by atoms with E-state index in [0.29, 0.717) is 11.6 Å². The minimum absolute atomic E-state index is 0.159. The molecule has 0 aliphatic heterocycles. The molecule has 0 radical (unpaired) electrons. The lowest BCUT2D eigenvalue weighted by molar-refractivity contribution is -0.120. The molecule has 1 atom stereocenters. The summed E-state index contributed by atoms with van der Waals surface area (Å²) in [6.45, 7) is 9.97. The highest BCUT2D eigenvalue weighted by molar-refractivity contribution is 7.92. The number of hydrogen-bond donors (Lipinski definition) is 1. The number of hydrogen-bond acceptors (Lipinski definition) is 3. The number of benzene rings is 2. The summed E-state index contributed by atoms with van der Waals surface area (Å²) in [5.41, 5.74) is 4.94. The zero-order chi connectivity index (χ0) is 21.8. The Morgan fingerprint density at radius 2 is 1.69 bits per heavy atom. The van der Waals surface area contributed by atoms with Crippen molar-refractivity contribution >= 4 is 21.6 Å². The maximum absolute atomic E-state index is 12.8. The first-order valence-electron chi connectivity index (χ1n) is 9.97. The average Bonchev–Trinajstić information content (AvgIpc) is 2.64. The van der Waals surface area contributed by atoms with E-state index in [-0.39, 0.29) is 18.5 Å². The van der Waals surface area contributed by atoms with E-state index in [4.69, 9.17) is 0 Å². The quantitative estimate of drug-likeness (QED) is 0.691. The lowest BCUT2D eigenvalue weighted by Crippen LogP contribution is -2.41. The van der Waals surface area contributed by atoms with Crippen LogP contribution in [0.3, 0.4) is 0 Å². The Morgan fingerprint density at radius 3 is 2.17 bits per heavy atom. The number of carbonyl (C=O) groups excluding carboxylic acids is 1. The monoisotopic (exact) mass is 416 g/mol. The van der Waals surface area contributed by atoms with Gasteiger partial charge in [-0.25, -0.2) is 8.42 Å². The molecule has 0 aliphatic carbocycles. The number of sulfonamides is 1. The zero-order valence-electron chi connectivity index (χ0n) is 18.2. The molecule has 1 amide bonds. The van der Waals surface area contributed by atoms with Crippen LogP contribution in [0.5, 0.6) is 0 Å². The third-order valence-electron chi connectivity index (χ3n) is 5.08. The molecular formula is C23H32N2O3S. The first-order valence-corrected chi connectivity index (χ1v) is 11.8. The van der Waals surface area contributed by atoms with Gasteiger partial charge in [-0.3, -0.25) is 9.10 Å². The third-order valence-corrected chi connectivity index (χ3v) is 6.22. The fourth-order valence-corrected chi connectivity index (χ4v) is 4.27. The molecule has 5 nitrogen and oxygen atoms in total. The molecule has 0 saturated heterocycles. The molecule has 0 saturated carbocycles. The average molecular weight is 417 g/mol. The lowest BCUT2D eigenvalue weighted by Gasteiger charge is -2.25. The number of rotatable bonds is 8. The molecular weight excluding hydrogens is 384 g/mol. The molecule has 29 heavy (non-hydrogen) atoms. The highest BCUT2D eigenvalue weighted by Crippen LogP contribution is 2.24. The van der Waals surface area contributed by atoms with E-state index in [0.717, 1.165) is 33.7 Å². The molecule has 0 fully saturated rings. The van der Waals surface area contributed by atoms with Crippen molar-refractivity contribution in [3.8, 4) is 0 Å². The number of nitrogens with zero attached hydrogens (tertiary/aromatic N) is 1. The molecule has 0 heterocycles. The summed E-state index contributed by atoms with van der Waals surface area (Å²) in [5, 5.41) is 3.00. The van der Waals surface area contributed by atoms with E-state index >= 15 is 0 Å². The highest BCUT2D eigenvalue weighted by atomic mass is 32.2. The van der Waals surface area contributed by atoms with Crippen molar-refractivity contribution < 1.29 is 13.2 Å². The van der Waals surface area contributed by atoms with Gasteiger partial charge in [0.05, 0.1) is 18.0 Å². The van der Waals surface area contributed by atoms with E-state index in [1.807, 2.05) is 45.0 Å². The Balaban J connectivity index is 2.21. The fraction of sp³-hybridized carbons (Fsp3) is 0.435. The number of amides is 1. The smallest absolute Gasteiger partial charge is 0.241 e. The zero-order valence-corrected chi connectivity index (χ0v) is 19.0. The van der Waals surface area contributed by atoms with Crippen LogP contribution in [0.4, 0.5) is 5.69 Å². The van der Waals surface area contributed by atoms with Crippen LogP contribution in [0, 0.1) is 13.8 Å². The van der Waals surface area contributed by atoms with Crippen LogP contribution in [-0.2, 0) is 14.8 Å². The summed E-state index contributed by atoms with van der Waals surface area (Å²) >= 11 is 0. The molecule has 0 unspecified atom stereocenters. The lowest BCUT2D eigenvalue weighted by atomic mass is 9.97. The van der Waals surface area contributed by atoms with Crippen molar-refractivity contribution in [2.45, 2.75) is 53.0 Å². The minimum atomic E-state index is -3.59. The van der Waals surface area contributed by atoms with E-state index in [9.17, 15) is 13.2 Å². The van der Waals surface area contributed by atoms with Crippen molar-refractivity contribution in [3.05, 3.63) is 64.7 Å². The first kappa shape index (κ1) is 22.9. The maximum Gasteiger partial charge on any atom is 0.241 e. The van der Waals surface area contributed by atoms with Crippen molar-refractivity contribution in [2.75, 3.05) is 17.1 Å². The van der Waals surface area contributed by atoms with Crippen LogP contribution in [0.25, 0.3) is 0 Å². The first-order chi connectivity index (χ1) is 13.5. The van der Waals surface area contributed by atoms with Gasteiger partial charge >= 0.3 is 0 Å². The third kappa shape index (κ3) is 6.07. The fourth-order valence-electron chi connectivity index (χ4n) is 3.41. The van der Waals surface area contributed by atoms with Gasteiger partial charge in [0.25, 0.3) is 0 Å². The van der Waals surface area contributed by atoms with Crippen LogP contribution >= 0.6 is 0 Å². The summed E-state index contributed by atoms with van der Waals surface area (Å²) in [7, 11) is -3.59. The molecule has 6 heteroatoms. The van der Waals surface area contributed by atoms with E-state index in [2.05, 4.69) is 25.2 Å². The molecule has 158 valence electrons. The predicted octanol–water partition coefficient (Wildman–Crippen LogP) is 4.46. The van der Waals surface area contributed by atoms with Gasteiger partial charge in [-0.1, -0.05) is 56.7 Å². The summed E-state index contributed by atoms with van der Waals surface area (Å²) in [5.74, 6) is 0.0253. The Morgan fingerprint density at radius 1 is 1.07 bits per heavy atom. The summed E-state index contributed by atoms with van der Waals surface area (Å²) in [6.07, 6.45) is 1.84. The van der Waals surface area contributed by atoms with E-state index in [1.165, 1.54) is 5.56 Å².